The molecule has 2 aromatic carbocycles. The fourth-order valence-corrected chi connectivity index (χ4v) is 4.79. The van der Waals surface area contributed by atoms with Gasteiger partial charge >= 0.3 is 0 Å². The van der Waals surface area contributed by atoms with Crippen molar-refractivity contribution in [1.82, 2.24) is 19.8 Å². The largest absolute Gasteiger partial charge is 0.449 e. The van der Waals surface area contributed by atoms with Crippen LogP contribution in [0.4, 0.5) is 0 Å². The normalized spacial score (nSPS) is 15.0. The van der Waals surface area contributed by atoms with E-state index in [1.807, 2.05) is 59.5 Å². The number of carbonyl (C=O) groups is 1. The number of rotatable bonds is 6. The number of aromatic amines is 1. The number of nitrogens with one attached hydrogen (secondary N) is 1. The Hall–Kier alpha value is -3.45. The van der Waals surface area contributed by atoms with E-state index in [0.717, 1.165) is 49.8 Å². The molecule has 170 valence electrons. The molecule has 0 unspecified atom stereocenters. The number of nitrogens with zero attached hydrogens (tertiary/aromatic N) is 3. The summed E-state index contributed by atoms with van der Waals surface area (Å²) in [5.74, 6) is 0.745. The number of likely N-dealkylation sites (tertiary alicyclic amines) is 1. The number of para-hydroxylation sites is 1. The Kier molecular flexibility index (Phi) is 5.96. The first kappa shape index (κ1) is 21.4. The molecule has 1 aliphatic rings. The molecule has 2 aromatic heterocycles. The van der Waals surface area contributed by atoms with Crippen molar-refractivity contribution in [2.24, 2.45) is 0 Å². The van der Waals surface area contributed by atoms with Gasteiger partial charge in [0.2, 0.25) is 5.58 Å². The predicted molar refractivity (Wildman–Crippen MR) is 128 cm³/mol. The summed E-state index contributed by atoms with van der Waals surface area (Å²) in [7, 11) is 0. The average molecular weight is 445 g/mol. The molecule has 7 heteroatoms. The first-order valence-electron chi connectivity index (χ1n) is 11.6. The van der Waals surface area contributed by atoms with Crippen LogP contribution in [0.25, 0.3) is 22.1 Å². The SMILES string of the molecule is CCCN(Cc1nc2c(oc3ccccc32)c(=O)[nH]1)C1CCN(C(=O)c2ccccc2)CC1. The molecule has 0 atom stereocenters. The van der Waals surface area contributed by atoms with Crippen molar-refractivity contribution in [3.05, 3.63) is 76.3 Å². The Morgan fingerprint density at radius 2 is 1.85 bits per heavy atom. The zero-order chi connectivity index (χ0) is 22.8. The summed E-state index contributed by atoms with van der Waals surface area (Å²) < 4.78 is 5.72. The van der Waals surface area contributed by atoms with Crippen LogP contribution in [0.5, 0.6) is 0 Å². The van der Waals surface area contributed by atoms with Crippen LogP contribution in [0.3, 0.4) is 0 Å². The highest BCUT2D eigenvalue weighted by atomic mass is 16.3. The van der Waals surface area contributed by atoms with Gasteiger partial charge in [0.15, 0.2) is 0 Å². The minimum atomic E-state index is -0.245. The van der Waals surface area contributed by atoms with E-state index in [1.54, 1.807) is 0 Å². The van der Waals surface area contributed by atoms with Crippen LogP contribution in [0, 0.1) is 0 Å². The van der Waals surface area contributed by atoms with Gasteiger partial charge in [-0.25, -0.2) is 4.98 Å². The maximum atomic E-state index is 12.8. The van der Waals surface area contributed by atoms with Gasteiger partial charge in [0, 0.05) is 30.1 Å². The molecule has 7 nitrogen and oxygen atoms in total. The summed E-state index contributed by atoms with van der Waals surface area (Å²) in [4.78, 5) is 37.5. The Balaban J connectivity index is 1.33. The Labute approximate surface area is 192 Å². The molecule has 0 radical (unpaired) electrons. The maximum Gasteiger partial charge on any atom is 0.294 e. The fourth-order valence-electron chi connectivity index (χ4n) is 4.79. The van der Waals surface area contributed by atoms with Gasteiger partial charge in [-0.05, 0) is 50.1 Å². The third-order valence-electron chi connectivity index (χ3n) is 6.43. The Morgan fingerprint density at radius 1 is 1.12 bits per heavy atom. The third kappa shape index (κ3) is 4.28. The molecule has 1 N–H and O–H groups in total. The smallest absolute Gasteiger partial charge is 0.294 e. The highest BCUT2D eigenvalue weighted by Crippen LogP contribution is 2.25. The number of hydrogen-bond donors (Lipinski definition) is 1. The highest BCUT2D eigenvalue weighted by Gasteiger charge is 2.28. The fraction of sp³-hybridized carbons (Fsp3) is 0.346. The van der Waals surface area contributed by atoms with Gasteiger partial charge in [0.25, 0.3) is 11.5 Å². The zero-order valence-corrected chi connectivity index (χ0v) is 18.8. The second-order valence-corrected chi connectivity index (χ2v) is 8.65. The summed E-state index contributed by atoms with van der Waals surface area (Å²) in [6.45, 7) is 5.09. The Morgan fingerprint density at radius 3 is 2.61 bits per heavy atom. The lowest BCUT2D eigenvalue weighted by Gasteiger charge is -2.38. The lowest BCUT2D eigenvalue weighted by atomic mass is 10.0. The van der Waals surface area contributed by atoms with Crippen molar-refractivity contribution in [3.8, 4) is 0 Å². The first-order chi connectivity index (χ1) is 16.1. The van der Waals surface area contributed by atoms with E-state index >= 15 is 0 Å². The molecule has 0 aliphatic carbocycles. The van der Waals surface area contributed by atoms with Crippen molar-refractivity contribution in [3.63, 3.8) is 0 Å². The number of H-pyrrole nitrogens is 1. The van der Waals surface area contributed by atoms with Crippen LogP contribution in [-0.4, -0.2) is 51.4 Å². The number of aromatic nitrogens is 2. The highest BCUT2D eigenvalue weighted by molar-refractivity contribution is 6.01. The van der Waals surface area contributed by atoms with Crippen LogP contribution in [0.15, 0.2) is 63.8 Å². The molecule has 0 bridgehead atoms. The van der Waals surface area contributed by atoms with Gasteiger partial charge < -0.3 is 14.3 Å². The topological polar surface area (TPSA) is 82.4 Å². The summed E-state index contributed by atoms with van der Waals surface area (Å²) in [6.07, 6.45) is 2.81. The summed E-state index contributed by atoms with van der Waals surface area (Å²) in [5, 5.41) is 0.856. The minimum Gasteiger partial charge on any atom is -0.449 e. The average Bonchev–Trinajstić information content (AvgIpc) is 3.23. The number of carbonyl (C=O) groups excluding carboxylic acids is 1. The van der Waals surface area contributed by atoms with E-state index in [4.69, 9.17) is 9.40 Å². The van der Waals surface area contributed by atoms with Crippen molar-refractivity contribution in [2.75, 3.05) is 19.6 Å². The molecule has 5 rings (SSSR count). The van der Waals surface area contributed by atoms with Crippen LogP contribution in [0.1, 0.15) is 42.4 Å². The molecule has 1 fully saturated rings. The number of benzene rings is 2. The van der Waals surface area contributed by atoms with E-state index < -0.39 is 0 Å². The number of furan rings is 1. The molecule has 3 heterocycles. The Bertz CT molecular complexity index is 1320. The van der Waals surface area contributed by atoms with Crippen molar-refractivity contribution in [2.45, 2.75) is 38.8 Å². The lowest BCUT2D eigenvalue weighted by Crippen LogP contribution is -2.47. The molecule has 0 saturated carbocycles. The van der Waals surface area contributed by atoms with E-state index in [0.29, 0.717) is 29.5 Å². The van der Waals surface area contributed by atoms with Crippen LogP contribution in [-0.2, 0) is 6.54 Å². The molecule has 1 amide bonds. The predicted octanol–water partition coefficient (Wildman–Crippen LogP) is 4.19. The zero-order valence-electron chi connectivity index (χ0n) is 18.8. The second kappa shape index (κ2) is 9.19. The molecular formula is C26H28N4O3. The minimum absolute atomic E-state index is 0.0966. The first-order valence-corrected chi connectivity index (χ1v) is 11.6. The molecule has 1 aliphatic heterocycles. The van der Waals surface area contributed by atoms with Gasteiger partial charge in [0.1, 0.15) is 16.9 Å². The lowest BCUT2D eigenvalue weighted by molar-refractivity contribution is 0.0603. The molecule has 1 saturated heterocycles. The van der Waals surface area contributed by atoms with Gasteiger partial charge in [-0.15, -0.1) is 0 Å². The van der Waals surface area contributed by atoms with Gasteiger partial charge in [-0.1, -0.05) is 37.3 Å². The second-order valence-electron chi connectivity index (χ2n) is 8.65. The van der Waals surface area contributed by atoms with Crippen molar-refractivity contribution in [1.29, 1.82) is 0 Å². The standard InChI is InChI=1S/C26H28N4O3/c1-2-14-30(19-12-15-29(16-13-19)26(32)18-8-4-3-5-9-18)17-22-27-23-20-10-6-7-11-21(20)33-24(23)25(31)28-22/h3-11,19H,2,12-17H2,1H3,(H,27,28,31). The van der Waals surface area contributed by atoms with E-state index in [-0.39, 0.29) is 17.0 Å². The van der Waals surface area contributed by atoms with Crippen LogP contribution >= 0.6 is 0 Å². The molecule has 0 spiro atoms. The van der Waals surface area contributed by atoms with E-state index in [1.165, 1.54) is 0 Å². The maximum absolute atomic E-state index is 12.8. The van der Waals surface area contributed by atoms with Crippen LogP contribution in [0.2, 0.25) is 0 Å². The summed E-state index contributed by atoms with van der Waals surface area (Å²) in [6, 6.07) is 17.4. The number of amides is 1. The third-order valence-corrected chi connectivity index (χ3v) is 6.43. The van der Waals surface area contributed by atoms with Crippen molar-refractivity contribution < 1.29 is 9.21 Å². The van der Waals surface area contributed by atoms with Gasteiger partial charge in [-0.2, -0.15) is 0 Å². The van der Waals surface area contributed by atoms with Gasteiger partial charge in [0.05, 0.1) is 6.54 Å². The molecular weight excluding hydrogens is 416 g/mol. The molecule has 33 heavy (non-hydrogen) atoms. The summed E-state index contributed by atoms with van der Waals surface area (Å²) in [5.41, 5.74) is 2.05. The van der Waals surface area contributed by atoms with Gasteiger partial charge in [-0.3, -0.25) is 14.5 Å². The number of piperidine rings is 1. The molecule has 4 aromatic rings. The quantitative estimate of drug-likeness (QED) is 0.482. The van der Waals surface area contributed by atoms with Crippen molar-refractivity contribution >= 4 is 28.0 Å². The monoisotopic (exact) mass is 444 g/mol. The summed E-state index contributed by atoms with van der Waals surface area (Å²) >= 11 is 0. The van der Waals surface area contributed by atoms with Crippen LogP contribution < -0.4 is 5.56 Å². The number of fused-ring (bicyclic) bond motifs is 3. The van der Waals surface area contributed by atoms with E-state index in [9.17, 15) is 9.59 Å². The number of hydrogen-bond acceptors (Lipinski definition) is 5. The van der Waals surface area contributed by atoms with E-state index in [2.05, 4.69) is 16.8 Å².